The number of hydrogen-bond acceptors (Lipinski definition) is 3. The van der Waals surface area contributed by atoms with E-state index in [1.54, 1.807) is 17.9 Å². The van der Waals surface area contributed by atoms with E-state index in [4.69, 9.17) is 4.42 Å². The standard InChI is InChI=1S/C17H18N2O3/c1-12-14(7-10-22-12)17(21)19-9-8-18-16(20)11-15(19)13-5-3-2-4-6-13/h2-7,10,15H,8-9,11H2,1H3,(H,18,20)/t15-/m1/s1. The van der Waals surface area contributed by atoms with Gasteiger partial charge in [-0.15, -0.1) is 0 Å². The summed E-state index contributed by atoms with van der Waals surface area (Å²) in [4.78, 5) is 26.5. The van der Waals surface area contributed by atoms with E-state index in [0.717, 1.165) is 5.56 Å². The first-order valence-corrected chi connectivity index (χ1v) is 7.33. The van der Waals surface area contributed by atoms with Crippen molar-refractivity contribution >= 4 is 11.8 Å². The smallest absolute Gasteiger partial charge is 0.257 e. The van der Waals surface area contributed by atoms with E-state index in [1.807, 2.05) is 30.3 Å². The molecule has 1 fully saturated rings. The van der Waals surface area contributed by atoms with Gasteiger partial charge in [0, 0.05) is 13.1 Å². The Morgan fingerprint density at radius 3 is 2.73 bits per heavy atom. The molecule has 1 atom stereocenters. The minimum atomic E-state index is -0.259. The van der Waals surface area contributed by atoms with Crippen LogP contribution in [0.5, 0.6) is 0 Å². The van der Waals surface area contributed by atoms with Crippen molar-refractivity contribution in [2.75, 3.05) is 13.1 Å². The number of furan rings is 1. The summed E-state index contributed by atoms with van der Waals surface area (Å²) >= 11 is 0. The molecular weight excluding hydrogens is 280 g/mol. The maximum absolute atomic E-state index is 12.9. The molecule has 0 saturated carbocycles. The number of rotatable bonds is 2. The summed E-state index contributed by atoms with van der Waals surface area (Å²) in [7, 11) is 0. The van der Waals surface area contributed by atoms with Gasteiger partial charge >= 0.3 is 0 Å². The second kappa shape index (κ2) is 6.05. The fourth-order valence-electron chi connectivity index (χ4n) is 2.81. The van der Waals surface area contributed by atoms with Crippen molar-refractivity contribution in [3.63, 3.8) is 0 Å². The Hall–Kier alpha value is -2.56. The number of hydrogen-bond donors (Lipinski definition) is 1. The molecule has 0 radical (unpaired) electrons. The SMILES string of the molecule is Cc1occc1C(=O)N1CCNC(=O)C[C@@H]1c1ccccc1. The number of nitrogens with one attached hydrogen (secondary N) is 1. The van der Waals surface area contributed by atoms with Crippen molar-refractivity contribution in [1.82, 2.24) is 10.2 Å². The molecule has 3 rings (SSSR count). The van der Waals surface area contributed by atoms with E-state index in [9.17, 15) is 9.59 Å². The molecule has 1 aliphatic heterocycles. The third kappa shape index (κ3) is 2.74. The summed E-state index contributed by atoms with van der Waals surface area (Å²) in [6, 6.07) is 11.1. The molecule has 5 heteroatoms. The Balaban J connectivity index is 1.96. The van der Waals surface area contributed by atoms with E-state index < -0.39 is 0 Å². The molecule has 2 heterocycles. The van der Waals surface area contributed by atoms with Crippen LogP contribution in [0.1, 0.15) is 34.1 Å². The van der Waals surface area contributed by atoms with Crippen LogP contribution in [0.3, 0.4) is 0 Å². The van der Waals surface area contributed by atoms with Crippen molar-refractivity contribution in [1.29, 1.82) is 0 Å². The van der Waals surface area contributed by atoms with Gasteiger partial charge in [-0.3, -0.25) is 9.59 Å². The average Bonchev–Trinajstić information content (AvgIpc) is 2.86. The monoisotopic (exact) mass is 298 g/mol. The topological polar surface area (TPSA) is 62.6 Å². The molecule has 5 nitrogen and oxygen atoms in total. The van der Waals surface area contributed by atoms with Gasteiger partial charge in [0.15, 0.2) is 0 Å². The van der Waals surface area contributed by atoms with Gasteiger partial charge in [-0.2, -0.15) is 0 Å². The molecule has 0 bridgehead atoms. The Kier molecular flexibility index (Phi) is 3.96. The molecule has 0 unspecified atom stereocenters. The highest BCUT2D eigenvalue weighted by molar-refractivity contribution is 5.96. The lowest BCUT2D eigenvalue weighted by molar-refractivity contribution is -0.121. The normalized spacial score (nSPS) is 18.7. The van der Waals surface area contributed by atoms with Crippen LogP contribution in [0, 0.1) is 6.92 Å². The number of carbonyl (C=O) groups is 2. The fraction of sp³-hybridized carbons (Fsp3) is 0.294. The van der Waals surface area contributed by atoms with Gasteiger partial charge in [0.05, 0.1) is 24.3 Å². The van der Waals surface area contributed by atoms with Gasteiger partial charge in [0.2, 0.25) is 5.91 Å². The summed E-state index contributed by atoms with van der Waals surface area (Å²) in [6.07, 6.45) is 1.79. The molecule has 114 valence electrons. The second-order valence-corrected chi connectivity index (χ2v) is 5.37. The van der Waals surface area contributed by atoms with Crippen molar-refractivity contribution < 1.29 is 14.0 Å². The van der Waals surface area contributed by atoms with Crippen molar-refractivity contribution in [3.05, 3.63) is 59.5 Å². The number of carbonyl (C=O) groups excluding carboxylic acids is 2. The summed E-state index contributed by atoms with van der Waals surface area (Å²) in [5.41, 5.74) is 1.52. The lowest BCUT2D eigenvalue weighted by atomic mass is 10.0. The van der Waals surface area contributed by atoms with E-state index >= 15 is 0 Å². The number of aryl methyl sites for hydroxylation is 1. The first-order chi connectivity index (χ1) is 10.7. The summed E-state index contributed by atoms with van der Waals surface area (Å²) in [5.74, 6) is 0.463. The van der Waals surface area contributed by atoms with E-state index in [1.165, 1.54) is 6.26 Å². The third-order valence-corrected chi connectivity index (χ3v) is 3.96. The molecule has 1 aromatic carbocycles. The highest BCUT2D eigenvalue weighted by Crippen LogP contribution is 2.28. The molecule has 1 saturated heterocycles. The molecule has 2 aromatic rings. The first-order valence-electron chi connectivity index (χ1n) is 7.33. The maximum Gasteiger partial charge on any atom is 0.257 e. The molecule has 0 aliphatic carbocycles. The predicted molar refractivity (Wildman–Crippen MR) is 81.3 cm³/mol. The number of nitrogens with zero attached hydrogens (tertiary/aromatic N) is 1. The minimum absolute atomic E-state index is 0.0342. The van der Waals surface area contributed by atoms with Gasteiger partial charge in [-0.05, 0) is 18.6 Å². The van der Waals surface area contributed by atoms with E-state index in [2.05, 4.69) is 5.32 Å². The lowest BCUT2D eigenvalue weighted by Gasteiger charge is -2.29. The molecule has 1 aliphatic rings. The molecular formula is C17H18N2O3. The van der Waals surface area contributed by atoms with Gasteiger partial charge in [-0.1, -0.05) is 30.3 Å². The van der Waals surface area contributed by atoms with E-state index in [-0.39, 0.29) is 24.3 Å². The lowest BCUT2D eigenvalue weighted by Crippen LogP contribution is -2.36. The number of amides is 2. The van der Waals surface area contributed by atoms with Crippen molar-refractivity contribution in [2.45, 2.75) is 19.4 Å². The quantitative estimate of drug-likeness (QED) is 0.925. The molecule has 1 aromatic heterocycles. The van der Waals surface area contributed by atoms with Crippen LogP contribution >= 0.6 is 0 Å². The number of benzene rings is 1. The summed E-state index contributed by atoms with van der Waals surface area (Å²) < 4.78 is 5.24. The second-order valence-electron chi connectivity index (χ2n) is 5.37. The van der Waals surface area contributed by atoms with Gasteiger partial charge < -0.3 is 14.6 Å². The van der Waals surface area contributed by atoms with Crippen LogP contribution in [0.4, 0.5) is 0 Å². The first kappa shape index (κ1) is 14.4. The van der Waals surface area contributed by atoms with Gasteiger partial charge in [-0.25, -0.2) is 0 Å². The summed E-state index contributed by atoms with van der Waals surface area (Å²) in [5, 5.41) is 2.83. The Bertz CT molecular complexity index is 678. The van der Waals surface area contributed by atoms with Gasteiger partial charge in [0.25, 0.3) is 5.91 Å². The van der Waals surface area contributed by atoms with Crippen molar-refractivity contribution in [3.8, 4) is 0 Å². The van der Waals surface area contributed by atoms with Crippen LogP contribution in [0.25, 0.3) is 0 Å². The summed E-state index contributed by atoms with van der Waals surface area (Å²) in [6.45, 7) is 2.71. The largest absolute Gasteiger partial charge is 0.469 e. The van der Waals surface area contributed by atoms with Crippen molar-refractivity contribution in [2.24, 2.45) is 0 Å². The van der Waals surface area contributed by atoms with E-state index in [0.29, 0.717) is 24.4 Å². The maximum atomic E-state index is 12.9. The fourth-order valence-corrected chi connectivity index (χ4v) is 2.81. The molecule has 1 N–H and O–H groups in total. The Morgan fingerprint density at radius 2 is 2.05 bits per heavy atom. The third-order valence-electron chi connectivity index (χ3n) is 3.96. The molecule has 22 heavy (non-hydrogen) atoms. The van der Waals surface area contributed by atoms with Crippen LogP contribution in [-0.2, 0) is 4.79 Å². The van der Waals surface area contributed by atoms with Gasteiger partial charge in [0.1, 0.15) is 5.76 Å². The Morgan fingerprint density at radius 1 is 1.27 bits per heavy atom. The highest BCUT2D eigenvalue weighted by Gasteiger charge is 2.31. The average molecular weight is 298 g/mol. The van der Waals surface area contributed by atoms with Crippen LogP contribution in [0.15, 0.2) is 47.1 Å². The predicted octanol–water partition coefficient (Wildman–Crippen LogP) is 2.29. The Labute approximate surface area is 128 Å². The van der Waals surface area contributed by atoms with Crippen LogP contribution < -0.4 is 5.32 Å². The van der Waals surface area contributed by atoms with Crippen LogP contribution in [0.2, 0.25) is 0 Å². The molecule has 2 amide bonds. The highest BCUT2D eigenvalue weighted by atomic mass is 16.3. The zero-order valence-electron chi connectivity index (χ0n) is 12.4. The zero-order valence-corrected chi connectivity index (χ0v) is 12.4. The zero-order chi connectivity index (χ0) is 15.5. The van der Waals surface area contributed by atoms with Crippen LogP contribution in [-0.4, -0.2) is 29.8 Å². The molecule has 0 spiro atoms. The minimum Gasteiger partial charge on any atom is -0.469 e.